The zero-order valence-electron chi connectivity index (χ0n) is 16.0. The van der Waals surface area contributed by atoms with Crippen molar-refractivity contribution in [3.05, 3.63) is 62.3 Å². The highest BCUT2D eigenvalue weighted by Crippen LogP contribution is 2.39. The number of anilines is 1. The van der Waals surface area contributed by atoms with Gasteiger partial charge in [-0.3, -0.25) is 0 Å². The maximum atomic E-state index is 13.9. The van der Waals surface area contributed by atoms with E-state index in [4.69, 9.17) is 27.9 Å². The fourth-order valence-electron chi connectivity index (χ4n) is 3.42. The Bertz CT molecular complexity index is 1030. The first-order valence-corrected chi connectivity index (χ1v) is 10.9. The average molecular weight is 452 g/mol. The van der Waals surface area contributed by atoms with Crippen LogP contribution in [0.15, 0.2) is 30.5 Å². The lowest BCUT2D eigenvalue weighted by molar-refractivity contribution is 0.227. The summed E-state index contributed by atoms with van der Waals surface area (Å²) in [6.07, 6.45) is 2.31. The van der Waals surface area contributed by atoms with Gasteiger partial charge in [-0.2, -0.15) is 0 Å². The molecule has 0 unspecified atom stereocenters. The van der Waals surface area contributed by atoms with Crippen LogP contribution in [0.5, 0.6) is 5.75 Å². The number of ether oxygens (including phenoxy) is 1. The van der Waals surface area contributed by atoms with Crippen LogP contribution in [0.4, 0.5) is 10.2 Å². The molecule has 152 valence electrons. The number of hydrogen-bond donors (Lipinski definition) is 2. The summed E-state index contributed by atoms with van der Waals surface area (Å²) in [5, 5.41) is 6.76. The highest BCUT2D eigenvalue weighted by molar-refractivity contribution is 7.15. The minimum atomic E-state index is -0.560. The Hall–Kier alpha value is -1.86. The van der Waals surface area contributed by atoms with E-state index in [1.807, 2.05) is 12.3 Å². The number of halogens is 3. The number of aromatic nitrogens is 1. The highest BCUT2D eigenvalue weighted by atomic mass is 35.5. The number of benzene rings is 1. The second-order valence-corrected chi connectivity index (χ2v) is 8.75. The van der Waals surface area contributed by atoms with E-state index >= 15 is 0 Å². The Kier molecular flexibility index (Phi) is 5.97. The van der Waals surface area contributed by atoms with E-state index < -0.39 is 11.9 Å². The van der Waals surface area contributed by atoms with Gasteiger partial charge in [0.1, 0.15) is 11.9 Å². The van der Waals surface area contributed by atoms with Gasteiger partial charge in [-0.25, -0.2) is 9.37 Å². The lowest BCUT2D eigenvalue weighted by Crippen LogP contribution is -2.21. The molecule has 0 aliphatic carbocycles. The van der Waals surface area contributed by atoms with Crippen molar-refractivity contribution < 1.29 is 9.13 Å². The second-order valence-electron chi connectivity index (χ2n) is 6.82. The van der Waals surface area contributed by atoms with E-state index in [1.54, 1.807) is 25.3 Å². The Balaban J connectivity index is 1.67. The lowest BCUT2D eigenvalue weighted by atomic mass is 10.1. The van der Waals surface area contributed by atoms with Gasteiger partial charge < -0.3 is 15.4 Å². The third-order valence-corrected chi connectivity index (χ3v) is 6.90. The van der Waals surface area contributed by atoms with E-state index in [2.05, 4.69) is 21.7 Å². The van der Waals surface area contributed by atoms with Gasteiger partial charge in [0.25, 0.3) is 0 Å². The van der Waals surface area contributed by atoms with Crippen molar-refractivity contribution in [3.63, 3.8) is 0 Å². The molecule has 2 N–H and O–H groups in total. The van der Waals surface area contributed by atoms with Crippen molar-refractivity contribution >= 4 is 40.4 Å². The molecule has 8 heteroatoms. The minimum absolute atomic E-state index is 0.0291. The van der Waals surface area contributed by atoms with Gasteiger partial charge in [0.2, 0.25) is 0 Å². The van der Waals surface area contributed by atoms with Gasteiger partial charge in [-0.15, -0.1) is 11.3 Å². The Morgan fingerprint density at radius 1 is 1.31 bits per heavy atom. The van der Waals surface area contributed by atoms with E-state index in [9.17, 15) is 4.39 Å². The summed E-state index contributed by atoms with van der Waals surface area (Å²) in [6, 6.07) is 6.88. The molecule has 4 nitrogen and oxygen atoms in total. The topological polar surface area (TPSA) is 46.2 Å². The van der Waals surface area contributed by atoms with Crippen molar-refractivity contribution in [1.29, 1.82) is 0 Å². The van der Waals surface area contributed by atoms with Crippen LogP contribution in [0.1, 0.15) is 29.0 Å². The lowest BCUT2D eigenvalue weighted by Gasteiger charge is -2.20. The van der Waals surface area contributed by atoms with Gasteiger partial charge in [-0.05, 0) is 43.2 Å². The van der Waals surface area contributed by atoms with Crippen LogP contribution in [-0.4, -0.2) is 18.6 Å². The monoisotopic (exact) mass is 451 g/mol. The van der Waals surface area contributed by atoms with Crippen molar-refractivity contribution in [1.82, 2.24) is 10.3 Å². The normalized spacial score (nSPS) is 14.4. The molecule has 0 spiro atoms. The highest BCUT2D eigenvalue weighted by Gasteiger charge is 2.21. The molecular formula is C21H20Cl2FN3OS. The van der Waals surface area contributed by atoms with Gasteiger partial charge in [0.15, 0.2) is 11.6 Å². The quantitative estimate of drug-likeness (QED) is 0.461. The summed E-state index contributed by atoms with van der Waals surface area (Å²) in [6.45, 7) is 3.68. The zero-order chi connectivity index (χ0) is 20.5. The number of pyridine rings is 1. The van der Waals surface area contributed by atoms with Crippen molar-refractivity contribution in [3.8, 4) is 16.2 Å². The first-order valence-electron chi connectivity index (χ1n) is 9.28. The zero-order valence-corrected chi connectivity index (χ0v) is 18.3. The second kappa shape index (κ2) is 8.48. The Labute approximate surface area is 183 Å². The summed E-state index contributed by atoms with van der Waals surface area (Å²) < 4.78 is 20.1. The number of fused-ring (bicyclic) bond motifs is 1. The molecule has 0 fully saturated rings. The maximum absolute atomic E-state index is 13.9. The van der Waals surface area contributed by atoms with Crippen LogP contribution < -0.4 is 15.4 Å². The predicted octanol–water partition coefficient (Wildman–Crippen LogP) is 6.08. The van der Waals surface area contributed by atoms with Gasteiger partial charge >= 0.3 is 0 Å². The van der Waals surface area contributed by atoms with E-state index in [-0.39, 0.29) is 5.02 Å². The maximum Gasteiger partial charge on any atom is 0.168 e. The molecule has 3 heterocycles. The average Bonchev–Trinajstić information content (AvgIpc) is 3.15. The number of rotatable bonds is 5. The summed E-state index contributed by atoms with van der Waals surface area (Å²) in [4.78, 5) is 7.06. The van der Waals surface area contributed by atoms with Crippen molar-refractivity contribution in [2.45, 2.75) is 26.0 Å². The number of nitrogens with zero attached hydrogens (tertiary/aromatic N) is 1. The van der Waals surface area contributed by atoms with E-state index in [0.29, 0.717) is 22.2 Å². The summed E-state index contributed by atoms with van der Waals surface area (Å²) in [5.74, 6) is 0.616. The first-order chi connectivity index (χ1) is 14.0. The number of thiophene rings is 1. The number of nitrogens with one attached hydrogen (secondary N) is 2. The van der Waals surface area contributed by atoms with E-state index in [1.165, 1.54) is 22.6 Å². The van der Waals surface area contributed by atoms with Crippen LogP contribution in [0, 0.1) is 5.82 Å². The van der Waals surface area contributed by atoms with Crippen LogP contribution in [0.2, 0.25) is 10.0 Å². The van der Waals surface area contributed by atoms with Gasteiger partial charge in [-0.1, -0.05) is 23.2 Å². The fraction of sp³-hybridized carbons (Fsp3) is 0.286. The summed E-state index contributed by atoms with van der Waals surface area (Å²) in [7, 11) is 1.77. The molecule has 1 atom stereocenters. The molecule has 2 aromatic heterocycles. The molecule has 4 rings (SSSR count). The van der Waals surface area contributed by atoms with Crippen LogP contribution >= 0.6 is 34.5 Å². The fourth-order valence-corrected chi connectivity index (χ4v) is 5.26. The summed E-state index contributed by atoms with van der Waals surface area (Å²) >= 11 is 14.2. The molecule has 1 aliphatic heterocycles. The third kappa shape index (κ3) is 4.08. The van der Waals surface area contributed by atoms with Gasteiger partial charge in [0.05, 0.1) is 5.02 Å². The molecule has 3 aromatic rings. The molecule has 0 saturated carbocycles. The first kappa shape index (κ1) is 20.4. The van der Waals surface area contributed by atoms with Gasteiger partial charge in [0, 0.05) is 52.2 Å². The van der Waals surface area contributed by atoms with Crippen LogP contribution in [0.25, 0.3) is 10.4 Å². The summed E-state index contributed by atoms with van der Waals surface area (Å²) in [5.41, 5.74) is 2.73. The SMILES string of the molecule is CNc1ncc(-c2cc3c(s2)CCNC3)cc1O[C@H](C)c1c(Cl)ccc(F)c1Cl. The molecule has 1 aromatic carbocycles. The molecule has 0 saturated heterocycles. The van der Waals surface area contributed by atoms with Crippen molar-refractivity contribution in [2.24, 2.45) is 0 Å². The third-order valence-electron chi connectivity index (χ3n) is 4.90. The smallest absolute Gasteiger partial charge is 0.168 e. The molecular weight excluding hydrogens is 432 g/mol. The van der Waals surface area contributed by atoms with Crippen LogP contribution in [0.3, 0.4) is 0 Å². The molecule has 1 aliphatic rings. The van der Waals surface area contributed by atoms with E-state index in [0.717, 1.165) is 30.0 Å². The largest absolute Gasteiger partial charge is 0.482 e. The molecule has 29 heavy (non-hydrogen) atoms. The Morgan fingerprint density at radius 2 is 2.14 bits per heavy atom. The molecule has 0 radical (unpaired) electrons. The number of hydrogen-bond acceptors (Lipinski definition) is 5. The predicted molar refractivity (Wildman–Crippen MR) is 118 cm³/mol. The Morgan fingerprint density at radius 3 is 2.90 bits per heavy atom. The standard InChI is InChI=1S/C21H20Cl2FN3OS/c1-11(19-14(22)3-4-15(24)20(19)23)28-16-7-12(10-27-21(16)25-2)18-8-13-9-26-6-5-17(13)29-18/h3-4,7-8,10-11,26H,5-6,9H2,1-2H3,(H,25,27)/t11-/m1/s1. The van der Waals surface area contributed by atoms with Crippen LogP contribution in [-0.2, 0) is 13.0 Å². The molecule has 0 bridgehead atoms. The minimum Gasteiger partial charge on any atom is -0.482 e. The van der Waals surface area contributed by atoms with Crippen molar-refractivity contribution in [2.75, 3.05) is 18.9 Å². The molecule has 0 amide bonds.